The van der Waals surface area contributed by atoms with Gasteiger partial charge in [-0.25, -0.2) is 9.59 Å². The van der Waals surface area contributed by atoms with Gasteiger partial charge in [0.2, 0.25) is 0 Å². The molecule has 0 aromatic carbocycles. The molecular weight excluding hydrogens is 252 g/mol. The molecule has 0 radical (unpaired) electrons. The first-order valence-corrected chi connectivity index (χ1v) is 6.40. The first-order chi connectivity index (χ1) is 8.83. The number of carboxylic acids is 1. The number of β-amino-alcohol motifs (C(OH)–C–C–N with tert-alkyl or cyclic N) is 1. The molecule has 0 spiro atoms. The smallest absolute Gasteiger partial charge is 0.326 e. The van der Waals surface area contributed by atoms with Crippen LogP contribution in [0.5, 0.6) is 0 Å². The van der Waals surface area contributed by atoms with Crippen LogP contribution in [0, 0.1) is 0 Å². The monoisotopic (exact) mass is 272 g/mol. The zero-order valence-corrected chi connectivity index (χ0v) is 11.2. The van der Waals surface area contributed by atoms with Gasteiger partial charge in [-0.15, -0.1) is 0 Å². The maximum atomic E-state index is 12.5. The Balaban J connectivity index is 2.16. The Labute approximate surface area is 111 Å². The lowest BCUT2D eigenvalue weighted by molar-refractivity contribution is -0.141. The minimum absolute atomic E-state index is 0.0727. The number of carboxylic acid groups (broad SMARTS) is 1. The van der Waals surface area contributed by atoms with Crippen LogP contribution in [0.3, 0.4) is 0 Å². The standard InChI is InChI=1S/C12H20N2O5/c1-12(2)7-19-4-3-14(12)11(18)13-6-8(15)5-9(13)10(16)17/h8-9,15H,3-7H2,1-2H3,(H,16,17). The van der Waals surface area contributed by atoms with E-state index in [0.29, 0.717) is 19.8 Å². The second-order valence-corrected chi connectivity index (χ2v) is 5.70. The molecule has 7 heteroatoms. The Bertz CT molecular complexity index is 384. The lowest BCUT2D eigenvalue weighted by atomic mass is 10.0. The van der Waals surface area contributed by atoms with Gasteiger partial charge < -0.3 is 24.7 Å². The van der Waals surface area contributed by atoms with Crippen LogP contribution in [0.1, 0.15) is 20.3 Å². The number of morpholine rings is 1. The number of ether oxygens (including phenoxy) is 1. The van der Waals surface area contributed by atoms with E-state index in [4.69, 9.17) is 9.84 Å². The molecule has 2 amide bonds. The minimum atomic E-state index is -1.07. The Kier molecular flexibility index (Phi) is 3.69. The quantitative estimate of drug-likeness (QED) is 0.686. The molecule has 19 heavy (non-hydrogen) atoms. The minimum Gasteiger partial charge on any atom is -0.480 e. The van der Waals surface area contributed by atoms with Crippen molar-refractivity contribution in [1.82, 2.24) is 9.80 Å². The fourth-order valence-corrected chi connectivity index (χ4v) is 2.63. The molecule has 0 aliphatic carbocycles. The van der Waals surface area contributed by atoms with E-state index in [9.17, 15) is 14.7 Å². The van der Waals surface area contributed by atoms with Crippen molar-refractivity contribution in [3.63, 3.8) is 0 Å². The van der Waals surface area contributed by atoms with Crippen LogP contribution in [-0.2, 0) is 9.53 Å². The molecule has 2 N–H and O–H groups in total. The maximum Gasteiger partial charge on any atom is 0.326 e. The third-order valence-electron chi connectivity index (χ3n) is 3.69. The summed E-state index contributed by atoms with van der Waals surface area (Å²) >= 11 is 0. The molecule has 2 aliphatic heterocycles. The van der Waals surface area contributed by atoms with Crippen molar-refractivity contribution in [3.8, 4) is 0 Å². The van der Waals surface area contributed by atoms with Crippen LogP contribution in [0.15, 0.2) is 0 Å². The van der Waals surface area contributed by atoms with E-state index >= 15 is 0 Å². The van der Waals surface area contributed by atoms with Gasteiger partial charge in [0.15, 0.2) is 0 Å². The average molecular weight is 272 g/mol. The normalized spacial score (nSPS) is 30.5. The summed E-state index contributed by atoms with van der Waals surface area (Å²) in [6.45, 7) is 5.14. The SMILES string of the molecule is CC1(C)COCCN1C(=O)N1CC(O)CC1C(=O)O. The number of amides is 2. The van der Waals surface area contributed by atoms with Crippen LogP contribution >= 0.6 is 0 Å². The molecule has 2 fully saturated rings. The van der Waals surface area contributed by atoms with E-state index in [0.717, 1.165) is 0 Å². The maximum absolute atomic E-state index is 12.5. The van der Waals surface area contributed by atoms with E-state index in [2.05, 4.69) is 0 Å². The largest absolute Gasteiger partial charge is 0.480 e. The summed E-state index contributed by atoms with van der Waals surface area (Å²) in [5, 5.41) is 18.7. The second kappa shape index (κ2) is 4.97. The van der Waals surface area contributed by atoms with Crippen molar-refractivity contribution in [2.45, 2.75) is 38.0 Å². The molecule has 0 saturated carbocycles. The van der Waals surface area contributed by atoms with Crippen molar-refractivity contribution in [2.75, 3.05) is 26.3 Å². The van der Waals surface area contributed by atoms with Gasteiger partial charge in [-0.1, -0.05) is 0 Å². The highest BCUT2D eigenvalue weighted by Crippen LogP contribution is 2.25. The lowest BCUT2D eigenvalue weighted by Crippen LogP contribution is -2.60. The summed E-state index contributed by atoms with van der Waals surface area (Å²) in [7, 11) is 0. The molecule has 2 heterocycles. The Morgan fingerprint density at radius 3 is 2.63 bits per heavy atom. The Morgan fingerprint density at radius 1 is 1.37 bits per heavy atom. The number of hydrogen-bond acceptors (Lipinski definition) is 4. The molecule has 0 bridgehead atoms. The van der Waals surface area contributed by atoms with Gasteiger partial charge >= 0.3 is 12.0 Å². The number of likely N-dealkylation sites (tertiary alicyclic amines) is 1. The Hall–Kier alpha value is -1.34. The zero-order valence-electron chi connectivity index (χ0n) is 11.2. The highest BCUT2D eigenvalue weighted by Gasteiger charge is 2.44. The molecule has 0 aromatic heterocycles. The average Bonchev–Trinajstić information content (AvgIpc) is 2.70. The van der Waals surface area contributed by atoms with Gasteiger partial charge in [0.25, 0.3) is 0 Å². The van der Waals surface area contributed by atoms with E-state index in [1.54, 1.807) is 4.90 Å². The topological polar surface area (TPSA) is 90.3 Å². The summed E-state index contributed by atoms with van der Waals surface area (Å²) in [6.07, 6.45) is -0.680. The third kappa shape index (κ3) is 2.66. The van der Waals surface area contributed by atoms with E-state index in [1.165, 1.54) is 4.90 Å². The summed E-state index contributed by atoms with van der Waals surface area (Å²) in [4.78, 5) is 26.5. The highest BCUT2D eigenvalue weighted by molar-refractivity contribution is 5.84. The number of aliphatic hydroxyl groups excluding tert-OH is 1. The molecule has 2 unspecified atom stereocenters. The summed E-state index contributed by atoms with van der Waals surface area (Å²) < 4.78 is 5.35. The van der Waals surface area contributed by atoms with Crippen molar-refractivity contribution in [3.05, 3.63) is 0 Å². The predicted octanol–water partition coefficient (Wildman–Crippen LogP) is -0.263. The van der Waals surface area contributed by atoms with Crippen LogP contribution in [0.4, 0.5) is 4.79 Å². The van der Waals surface area contributed by atoms with E-state index in [-0.39, 0.29) is 19.0 Å². The van der Waals surface area contributed by atoms with E-state index < -0.39 is 23.7 Å². The van der Waals surface area contributed by atoms with Crippen LogP contribution in [0.25, 0.3) is 0 Å². The number of nitrogens with zero attached hydrogens (tertiary/aromatic N) is 2. The summed E-state index contributed by atoms with van der Waals surface area (Å²) in [5.41, 5.74) is -0.466. The molecule has 0 aromatic rings. The van der Waals surface area contributed by atoms with E-state index in [1.807, 2.05) is 13.8 Å². The number of rotatable bonds is 1. The number of hydrogen-bond donors (Lipinski definition) is 2. The molecule has 2 rings (SSSR count). The lowest BCUT2D eigenvalue weighted by Gasteiger charge is -2.44. The highest BCUT2D eigenvalue weighted by atomic mass is 16.5. The van der Waals surface area contributed by atoms with Gasteiger partial charge in [-0.2, -0.15) is 0 Å². The van der Waals surface area contributed by atoms with Crippen LogP contribution in [0.2, 0.25) is 0 Å². The number of aliphatic hydroxyl groups is 1. The molecule has 108 valence electrons. The number of carbonyl (C=O) groups is 2. The van der Waals surface area contributed by atoms with Crippen molar-refractivity contribution >= 4 is 12.0 Å². The van der Waals surface area contributed by atoms with Crippen molar-refractivity contribution < 1.29 is 24.5 Å². The molecule has 7 nitrogen and oxygen atoms in total. The van der Waals surface area contributed by atoms with Gasteiger partial charge in [-0.3, -0.25) is 0 Å². The van der Waals surface area contributed by atoms with Crippen molar-refractivity contribution in [2.24, 2.45) is 0 Å². The van der Waals surface area contributed by atoms with Gasteiger partial charge in [-0.05, 0) is 13.8 Å². The van der Waals surface area contributed by atoms with Crippen LogP contribution in [-0.4, -0.2) is 76.0 Å². The predicted molar refractivity (Wildman–Crippen MR) is 65.8 cm³/mol. The number of aliphatic carboxylic acids is 1. The van der Waals surface area contributed by atoms with Crippen molar-refractivity contribution in [1.29, 1.82) is 0 Å². The summed E-state index contributed by atoms with van der Waals surface area (Å²) in [6, 6.07) is -1.28. The summed E-state index contributed by atoms with van der Waals surface area (Å²) in [5.74, 6) is -1.07. The first-order valence-electron chi connectivity index (χ1n) is 6.40. The fraction of sp³-hybridized carbons (Fsp3) is 0.833. The molecule has 2 aliphatic rings. The fourth-order valence-electron chi connectivity index (χ4n) is 2.63. The third-order valence-corrected chi connectivity index (χ3v) is 3.69. The van der Waals surface area contributed by atoms with Gasteiger partial charge in [0.1, 0.15) is 6.04 Å². The second-order valence-electron chi connectivity index (χ2n) is 5.70. The first kappa shape index (κ1) is 14.1. The van der Waals surface area contributed by atoms with Gasteiger partial charge in [0, 0.05) is 19.5 Å². The number of urea groups is 1. The zero-order chi connectivity index (χ0) is 14.2. The Morgan fingerprint density at radius 2 is 2.05 bits per heavy atom. The molecular formula is C12H20N2O5. The molecule has 2 saturated heterocycles. The molecule has 2 atom stereocenters. The van der Waals surface area contributed by atoms with Gasteiger partial charge in [0.05, 0.1) is 24.9 Å². The number of carbonyl (C=O) groups excluding carboxylic acids is 1. The van der Waals surface area contributed by atoms with Crippen LogP contribution < -0.4 is 0 Å².